The second-order valence-corrected chi connectivity index (χ2v) is 6.25. The molecule has 21 heavy (non-hydrogen) atoms. The van der Waals surface area contributed by atoms with E-state index >= 15 is 0 Å². The predicted octanol–water partition coefficient (Wildman–Crippen LogP) is 2.90. The minimum atomic E-state index is -0.573. The Morgan fingerprint density at radius 3 is 2.71 bits per heavy atom. The summed E-state index contributed by atoms with van der Waals surface area (Å²) in [5, 5.41) is 6.53. The van der Waals surface area contributed by atoms with Gasteiger partial charge in [-0.25, -0.2) is 14.8 Å². The van der Waals surface area contributed by atoms with E-state index in [9.17, 15) is 9.59 Å². The number of aromatic nitrogens is 2. The molecule has 2 aromatic heterocycles. The number of carbonyl (C=O) groups is 2. The molecule has 0 saturated heterocycles. The van der Waals surface area contributed by atoms with Gasteiger partial charge < -0.3 is 10.1 Å². The maximum absolute atomic E-state index is 11.8. The van der Waals surface area contributed by atoms with Gasteiger partial charge in [0, 0.05) is 12.3 Å². The molecule has 0 unspecified atom stereocenters. The Morgan fingerprint density at radius 1 is 1.38 bits per heavy atom. The Hall–Kier alpha value is -1.80. The van der Waals surface area contributed by atoms with Crippen LogP contribution in [0.25, 0.3) is 0 Å². The van der Waals surface area contributed by atoms with E-state index in [2.05, 4.69) is 15.3 Å². The number of nitrogens with one attached hydrogen (secondary N) is 1. The Labute approximate surface area is 130 Å². The molecule has 6 nitrogen and oxygen atoms in total. The van der Waals surface area contributed by atoms with E-state index in [1.165, 1.54) is 6.92 Å². The molecular weight excluding hydrogens is 310 g/mol. The number of nitrogens with zero attached hydrogens (tertiary/aromatic N) is 2. The van der Waals surface area contributed by atoms with Crippen molar-refractivity contribution >= 4 is 39.6 Å². The number of rotatable bonds is 6. The first-order valence-corrected chi connectivity index (χ1v) is 8.04. The molecule has 0 saturated carbocycles. The molecule has 0 aromatic carbocycles. The van der Waals surface area contributed by atoms with Gasteiger partial charge in [-0.3, -0.25) is 4.79 Å². The third kappa shape index (κ3) is 3.85. The van der Waals surface area contributed by atoms with E-state index in [4.69, 9.17) is 4.74 Å². The van der Waals surface area contributed by atoms with Gasteiger partial charge in [0.05, 0.1) is 23.9 Å². The van der Waals surface area contributed by atoms with Gasteiger partial charge in [0.1, 0.15) is 4.88 Å². The monoisotopic (exact) mass is 325 g/mol. The second-order valence-electron chi connectivity index (χ2n) is 4.18. The highest BCUT2D eigenvalue weighted by Gasteiger charge is 2.22. The first-order valence-electron chi connectivity index (χ1n) is 6.35. The van der Waals surface area contributed by atoms with Crippen LogP contribution in [0.1, 0.15) is 44.7 Å². The van der Waals surface area contributed by atoms with Crippen LogP contribution < -0.4 is 5.32 Å². The van der Waals surface area contributed by atoms with Gasteiger partial charge in [-0.15, -0.1) is 11.3 Å². The standard InChI is InChI=1S/C13H15N3O3S2/c1-4-19-12(18)10-11(7(2)17)21-13(16-10)14-5-9-6-20-8(3)15-9/h6H,4-5H2,1-3H3,(H,14,16). The normalized spacial score (nSPS) is 10.4. The Kier molecular flexibility index (Phi) is 5.03. The van der Waals surface area contributed by atoms with Crippen LogP contribution in [-0.4, -0.2) is 28.3 Å². The van der Waals surface area contributed by atoms with Crippen LogP contribution in [0.5, 0.6) is 0 Å². The lowest BCUT2D eigenvalue weighted by Gasteiger charge is -1.99. The molecule has 0 bridgehead atoms. The first-order chi connectivity index (χ1) is 10.0. The Morgan fingerprint density at radius 2 is 2.14 bits per heavy atom. The van der Waals surface area contributed by atoms with E-state index in [1.807, 2.05) is 12.3 Å². The fourth-order valence-electron chi connectivity index (χ4n) is 1.63. The van der Waals surface area contributed by atoms with Crippen molar-refractivity contribution in [1.82, 2.24) is 9.97 Å². The quantitative estimate of drug-likeness (QED) is 0.649. The summed E-state index contributed by atoms with van der Waals surface area (Å²) in [5.74, 6) is -0.774. The summed E-state index contributed by atoms with van der Waals surface area (Å²) in [4.78, 5) is 32.2. The number of thiazole rings is 2. The van der Waals surface area contributed by atoms with Crippen LogP contribution in [0, 0.1) is 6.92 Å². The predicted molar refractivity (Wildman–Crippen MR) is 82.3 cm³/mol. The van der Waals surface area contributed by atoms with Gasteiger partial charge in [-0.2, -0.15) is 0 Å². The van der Waals surface area contributed by atoms with Crippen molar-refractivity contribution in [2.75, 3.05) is 11.9 Å². The van der Waals surface area contributed by atoms with Gasteiger partial charge in [-0.05, 0) is 13.8 Å². The van der Waals surface area contributed by atoms with Crippen molar-refractivity contribution in [2.24, 2.45) is 0 Å². The van der Waals surface area contributed by atoms with Crippen LogP contribution in [-0.2, 0) is 11.3 Å². The molecule has 0 aliphatic heterocycles. The van der Waals surface area contributed by atoms with Crippen LogP contribution in [0.4, 0.5) is 5.13 Å². The molecule has 8 heteroatoms. The average Bonchev–Trinajstić information content (AvgIpc) is 3.03. The Balaban J connectivity index is 2.15. The third-order valence-electron chi connectivity index (χ3n) is 2.50. The zero-order valence-corrected chi connectivity index (χ0v) is 13.6. The van der Waals surface area contributed by atoms with Gasteiger partial charge in [0.2, 0.25) is 0 Å². The number of hydrogen-bond donors (Lipinski definition) is 1. The fraction of sp³-hybridized carbons (Fsp3) is 0.385. The molecule has 0 aliphatic carbocycles. The van der Waals surface area contributed by atoms with Gasteiger partial charge in [0.25, 0.3) is 0 Å². The van der Waals surface area contributed by atoms with E-state index in [0.717, 1.165) is 22.0 Å². The summed E-state index contributed by atoms with van der Waals surface area (Å²) >= 11 is 2.72. The number of aryl methyl sites for hydroxylation is 1. The van der Waals surface area contributed by atoms with Crippen molar-refractivity contribution in [1.29, 1.82) is 0 Å². The second kappa shape index (κ2) is 6.77. The highest BCUT2D eigenvalue weighted by Crippen LogP contribution is 2.25. The highest BCUT2D eigenvalue weighted by molar-refractivity contribution is 7.17. The Bertz CT molecular complexity index is 663. The smallest absolute Gasteiger partial charge is 0.358 e. The largest absolute Gasteiger partial charge is 0.461 e. The third-order valence-corrected chi connectivity index (χ3v) is 4.44. The molecule has 2 rings (SSSR count). The van der Waals surface area contributed by atoms with Crippen molar-refractivity contribution in [3.8, 4) is 0 Å². The van der Waals surface area contributed by atoms with Crippen molar-refractivity contribution in [3.63, 3.8) is 0 Å². The summed E-state index contributed by atoms with van der Waals surface area (Å²) in [6.07, 6.45) is 0. The number of ketones is 1. The molecular formula is C13H15N3O3S2. The summed E-state index contributed by atoms with van der Waals surface area (Å²) in [7, 11) is 0. The first kappa shape index (κ1) is 15.6. The molecule has 2 aromatic rings. The van der Waals surface area contributed by atoms with Crippen molar-refractivity contribution < 1.29 is 14.3 Å². The maximum atomic E-state index is 11.8. The van der Waals surface area contributed by atoms with Crippen LogP contribution >= 0.6 is 22.7 Å². The van der Waals surface area contributed by atoms with Gasteiger partial charge in [-0.1, -0.05) is 11.3 Å². The molecule has 0 atom stereocenters. The van der Waals surface area contributed by atoms with E-state index < -0.39 is 5.97 Å². The lowest BCUT2D eigenvalue weighted by atomic mass is 10.3. The van der Waals surface area contributed by atoms with Crippen LogP contribution in [0.15, 0.2) is 5.38 Å². The van der Waals surface area contributed by atoms with Crippen molar-refractivity contribution in [2.45, 2.75) is 27.3 Å². The van der Waals surface area contributed by atoms with Gasteiger partial charge in [0.15, 0.2) is 16.6 Å². The van der Waals surface area contributed by atoms with Crippen LogP contribution in [0.3, 0.4) is 0 Å². The number of carbonyl (C=O) groups excluding carboxylic acids is 2. The van der Waals surface area contributed by atoms with Gasteiger partial charge >= 0.3 is 5.97 Å². The summed E-state index contributed by atoms with van der Waals surface area (Å²) in [6, 6.07) is 0. The number of Topliss-reactive ketones (excluding diaryl/α,β-unsaturated/α-hetero) is 1. The highest BCUT2D eigenvalue weighted by atomic mass is 32.1. The SMILES string of the molecule is CCOC(=O)c1nc(NCc2csc(C)n2)sc1C(C)=O. The van der Waals surface area contributed by atoms with Crippen LogP contribution in [0.2, 0.25) is 0 Å². The molecule has 1 N–H and O–H groups in total. The average molecular weight is 325 g/mol. The van der Waals surface area contributed by atoms with E-state index in [-0.39, 0.29) is 18.1 Å². The minimum absolute atomic E-state index is 0.0753. The molecule has 0 aliphatic rings. The zero-order valence-electron chi connectivity index (χ0n) is 11.9. The molecule has 0 spiro atoms. The molecule has 112 valence electrons. The number of hydrogen-bond acceptors (Lipinski definition) is 8. The number of esters is 1. The topological polar surface area (TPSA) is 81.2 Å². The molecule has 0 amide bonds. The lowest BCUT2D eigenvalue weighted by molar-refractivity contribution is 0.0517. The summed E-state index contributed by atoms with van der Waals surface area (Å²) in [6.45, 7) is 5.79. The van der Waals surface area contributed by atoms with Crippen molar-refractivity contribution in [3.05, 3.63) is 26.7 Å². The molecule has 2 heterocycles. The minimum Gasteiger partial charge on any atom is -0.461 e. The fourth-order valence-corrected chi connectivity index (χ4v) is 3.08. The summed E-state index contributed by atoms with van der Waals surface area (Å²) < 4.78 is 4.91. The molecule has 0 fully saturated rings. The lowest BCUT2D eigenvalue weighted by Crippen LogP contribution is -2.09. The zero-order chi connectivity index (χ0) is 15.4. The van der Waals surface area contributed by atoms with E-state index in [0.29, 0.717) is 16.6 Å². The number of ether oxygens (including phenoxy) is 1. The van der Waals surface area contributed by atoms with E-state index in [1.54, 1.807) is 18.3 Å². The molecule has 0 radical (unpaired) electrons. The maximum Gasteiger partial charge on any atom is 0.358 e. The number of anilines is 1. The summed E-state index contributed by atoms with van der Waals surface area (Å²) in [5.41, 5.74) is 0.973.